The van der Waals surface area contributed by atoms with Gasteiger partial charge in [0.25, 0.3) is 5.91 Å². The highest BCUT2D eigenvalue weighted by Crippen LogP contribution is 2.42. The third-order valence-electron chi connectivity index (χ3n) is 4.92. The highest BCUT2D eigenvalue weighted by molar-refractivity contribution is 5.91. The zero-order chi connectivity index (χ0) is 17.1. The molecule has 2 aliphatic rings. The maximum atomic E-state index is 12.4. The standard InChI is InChI=1S/C18H20N4O3/c23-17(16-20-8-3-9-21-16)22-12-18(13-22)14(6-11-25-18)5-10-24-15-4-1-2-7-19-15/h1-4,7-9,14H,5-6,10-13H2/t14-/m0/s1. The van der Waals surface area contributed by atoms with Gasteiger partial charge in [-0.2, -0.15) is 0 Å². The quantitative estimate of drug-likeness (QED) is 0.822. The lowest BCUT2D eigenvalue weighted by atomic mass is 9.79. The van der Waals surface area contributed by atoms with Crippen LogP contribution in [0.1, 0.15) is 23.5 Å². The average molecular weight is 340 g/mol. The molecule has 1 amide bonds. The van der Waals surface area contributed by atoms with Gasteiger partial charge in [0, 0.05) is 31.3 Å². The summed E-state index contributed by atoms with van der Waals surface area (Å²) < 4.78 is 11.7. The molecule has 2 saturated heterocycles. The molecule has 4 rings (SSSR count). The molecule has 7 heteroatoms. The molecule has 2 fully saturated rings. The van der Waals surface area contributed by atoms with Crippen LogP contribution in [0.15, 0.2) is 42.9 Å². The molecular weight excluding hydrogens is 320 g/mol. The van der Waals surface area contributed by atoms with Crippen LogP contribution in [-0.4, -0.2) is 57.7 Å². The van der Waals surface area contributed by atoms with Gasteiger partial charge in [-0.25, -0.2) is 15.0 Å². The van der Waals surface area contributed by atoms with Crippen molar-refractivity contribution in [1.82, 2.24) is 19.9 Å². The Balaban J connectivity index is 1.31. The number of hydrogen-bond acceptors (Lipinski definition) is 6. The molecule has 0 N–H and O–H groups in total. The minimum atomic E-state index is -0.238. The predicted octanol–water partition coefficient (Wildman–Crippen LogP) is 1.57. The molecule has 0 aliphatic carbocycles. The molecule has 1 atom stereocenters. The van der Waals surface area contributed by atoms with Gasteiger partial charge in [-0.1, -0.05) is 6.07 Å². The van der Waals surface area contributed by atoms with Crippen LogP contribution in [0.3, 0.4) is 0 Å². The molecule has 2 aromatic rings. The predicted molar refractivity (Wildman–Crippen MR) is 89.1 cm³/mol. The second-order valence-electron chi connectivity index (χ2n) is 6.44. The molecule has 0 unspecified atom stereocenters. The van der Waals surface area contributed by atoms with Crippen LogP contribution in [-0.2, 0) is 4.74 Å². The van der Waals surface area contributed by atoms with E-state index in [1.54, 1.807) is 29.6 Å². The van der Waals surface area contributed by atoms with Crippen molar-refractivity contribution in [2.24, 2.45) is 5.92 Å². The van der Waals surface area contributed by atoms with Crippen LogP contribution < -0.4 is 4.74 Å². The molecule has 0 saturated carbocycles. The fourth-order valence-electron chi connectivity index (χ4n) is 3.57. The number of aromatic nitrogens is 3. The first-order valence-electron chi connectivity index (χ1n) is 8.51. The van der Waals surface area contributed by atoms with Gasteiger partial charge in [-0.05, 0) is 30.9 Å². The van der Waals surface area contributed by atoms with E-state index in [0.29, 0.717) is 31.5 Å². The third-order valence-corrected chi connectivity index (χ3v) is 4.92. The van der Waals surface area contributed by atoms with Crippen molar-refractivity contribution in [2.75, 3.05) is 26.3 Å². The number of amides is 1. The first-order chi connectivity index (χ1) is 12.3. The summed E-state index contributed by atoms with van der Waals surface area (Å²) in [6, 6.07) is 7.32. The summed E-state index contributed by atoms with van der Waals surface area (Å²) in [6.07, 6.45) is 6.77. The number of carbonyl (C=O) groups excluding carboxylic acids is 1. The van der Waals surface area contributed by atoms with E-state index in [1.165, 1.54) is 0 Å². The van der Waals surface area contributed by atoms with Gasteiger partial charge in [0.1, 0.15) is 5.60 Å². The number of carbonyl (C=O) groups is 1. The molecule has 1 spiro atoms. The van der Waals surface area contributed by atoms with E-state index in [9.17, 15) is 4.79 Å². The van der Waals surface area contributed by atoms with Crippen molar-refractivity contribution in [3.05, 3.63) is 48.7 Å². The molecule has 7 nitrogen and oxygen atoms in total. The zero-order valence-electron chi connectivity index (χ0n) is 13.9. The first-order valence-corrected chi connectivity index (χ1v) is 8.51. The smallest absolute Gasteiger partial charge is 0.291 e. The number of hydrogen-bond donors (Lipinski definition) is 0. The fraction of sp³-hybridized carbons (Fsp3) is 0.444. The minimum absolute atomic E-state index is 0.134. The Morgan fingerprint density at radius 3 is 2.76 bits per heavy atom. The Labute approximate surface area is 146 Å². The Morgan fingerprint density at radius 1 is 1.20 bits per heavy atom. The molecule has 0 radical (unpaired) electrons. The lowest BCUT2D eigenvalue weighted by Gasteiger charge is -2.49. The maximum Gasteiger partial charge on any atom is 0.291 e. The first kappa shape index (κ1) is 16.0. The van der Waals surface area contributed by atoms with E-state index >= 15 is 0 Å². The van der Waals surface area contributed by atoms with E-state index in [0.717, 1.165) is 19.4 Å². The summed E-state index contributed by atoms with van der Waals surface area (Å²) in [7, 11) is 0. The molecule has 0 bridgehead atoms. The summed E-state index contributed by atoms with van der Waals surface area (Å²) in [4.78, 5) is 26.4. The molecule has 2 aliphatic heterocycles. The largest absolute Gasteiger partial charge is 0.478 e. The van der Waals surface area contributed by atoms with Gasteiger partial charge < -0.3 is 14.4 Å². The molecule has 130 valence electrons. The highest BCUT2D eigenvalue weighted by atomic mass is 16.5. The van der Waals surface area contributed by atoms with Crippen LogP contribution in [0.25, 0.3) is 0 Å². The van der Waals surface area contributed by atoms with E-state index in [2.05, 4.69) is 15.0 Å². The second kappa shape index (κ2) is 6.76. The summed E-state index contributed by atoms with van der Waals surface area (Å²) in [5, 5.41) is 0. The van der Waals surface area contributed by atoms with Gasteiger partial charge in [0.15, 0.2) is 0 Å². The van der Waals surface area contributed by atoms with Crippen LogP contribution in [0, 0.1) is 5.92 Å². The minimum Gasteiger partial charge on any atom is -0.478 e. The number of rotatable bonds is 5. The normalized spacial score (nSPS) is 21.1. The molecule has 0 aromatic carbocycles. The van der Waals surface area contributed by atoms with Gasteiger partial charge >= 0.3 is 0 Å². The molecule has 4 heterocycles. The Kier molecular flexibility index (Phi) is 4.31. The Bertz CT molecular complexity index is 720. The molecule has 25 heavy (non-hydrogen) atoms. The van der Waals surface area contributed by atoms with Gasteiger partial charge in [0.05, 0.1) is 19.7 Å². The van der Waals surface area contributed by atoms with Gasteiger partial charge in [-0.15, -0.1) is 0 Å². The average Bonchev–Trinajstić information content (AvgIpc) is 3.05. The Hall–Kier alpha value is -2.54. The van der Waals surface area contributed by atoms with Gasteiger partial charge in [-0.3, -0.25) is 4.79 Å². The Morgan fingerprint density at radius 2 is 2.00 bits per heavy atom. The number of nitrogens with zero attached hydrogens (tertiary/aromatic N) is 4. The third kappa shape index (κ3) is 3.19. The van der Waals surface area contributed by atoms with Crippen molar-refractivity contribution in [3.8, 4) is 5.88 Å². The van der Waals surface area contributed by atoms with E-state index in [1.807, 2.05) is 18.2 Å². The van der Waals surface area contributed by atoms with Crippen LogP contribution in [0.5, 0.6) is 5.88 Å². The summed E-state index contributed by atoms with van der Waals surface area (Å²) >= 11 is 0. The summed E-state index contributed by atoms with van der Waals surface area (Å²) in [6.45, 7) is 2.53. The topological polar surface area (TPSA) is 77.4 Å². The van der Waals surface area contributed by atoms with Crippen LogP contribution >= 0.6 is 0 Å². The van der Waals surface area contributed by atoms with Gasteiger partial charge in [0.2, 0.25) is 11.7 Å². The van der Waals surface area contributed by atoms with E-state index in [4.69, 9.17) is 9.47 Å². The second-order valence-corrected chi connectivity index (χ2v) is 6.44. The van der Waals surface area contributed by atoms with Crippen molar-refractivity contribution < 1.29 is 14.3 Å². The van der Waals surface area contributed by atoms with Crippen molar-refractivity contribution in [3.63, 3.8) is 0 Å². The monoisotopic (exact) mass is 340 g/mol. The number of pyridine rings is 1. The highest BCUT2D eigenvalue weighted by Gasteiger charge is 2.54. The van der Waals surface area contributed by atoms with Crippen molar-refractivity contribution >= 4 is 5.91 Å². The fourth-order valence-corrected chi connectivity index (χ4v) is 3.57. The van der Waals surface area contributed by atoms with Crippen molar-refractivity contribution in [1.29, 1.82) is 0 Å². The SMILES string of the molecule is O=C(c1ncccn1)N1CC2(C1)OCC[C@@H]2CCOc1ccccn1. The molecular formula is C18H20N4O3. The summed E-state index contributed by atoms with van der Waals surface area (Å²) in [5.74, 6) is 1.13. The van der Waals surface area contributed by atoms with E-state index in [-0.39, 0.29) is 17.3 Å². The van der Waals surface area contributed by atoms with Crippen LogP contribution in [0.4, 0.5) is 0 Å². The van der Waals surface area contributed by atoms with E-state index < -0.39 is 0 Å². The zero-order valence-corrected chi connectivity index (χ0v) is 13.9. The summed E-state index contributed by atoms with van der Waals surface area (Å²) in [5.41, 5.74) is -0.238. The lowest BCUT2D eigenvalue weighted by molar-refractivity contribution is -0.119. The maximum absolute atomic E-state index is 12.4. The van der Waals surface area contributed by atoms with Crippen LogP contribution in [0.2, 0.25) is 0 Å². The number of ether oxygens (including phenoxy) is 2. The lowest BCUT2D eigenvalue weighted by Crippen LogP contribution is -2.66. The van der Waals surface area contributed by atoms with Crippen molar-refractivity contribution in [2.45, 2.75) is 18.4 Å². The number of likely N-dealkylation sites (tertiary alicyclic amines) is 1. The molecule has 2 aromatic heterocycles.